The van der Waals surface area contributed by atoms with Crippen LogP contribution in [0.2, 0.25) is 10.0 Å². The number of aromatic nitrogens is 6. The van der Waals surface area contributed by atoms with Gasteiger partial charge in [-0.05, 0) is 42.5 Å². The largest absolute Gasteiger partial charge is 0.453 e. The van der Waals surface area contributed by atoms with E-state index in [1.165, 1.54) is 10.7 Å². The molecule has 0 fully saturated rings. The summed E-state index contributed by atoms with van der Waals surface area (Å²) in [6.07, 6.45) is 1.63. The van der Waals surface area contributed by atoms with Gasteiger partial charge in [0.2, 0.25) is 0 Å². The highest BCUT2D eigenvalue weighted by atomic mass is 35.5. The van der Waals surface area contributed by atoms with E-state index in [1.807, 2.05) is 24.5 Å². The number of quaternary nitrogens is 1. The Morgan fingerprint density at radius 1 is 1.24 bits per heavy atom. The van der Waals surface area contributed by atoms with Crippen LogP contribution in [0, 0.1) is 11.3 Å². The maximum absolute atomic E-state index is 13.1. The number of pyridine rings is 1. The first kappa shape index (κ1) is 25.4. The number of carbonyl (C=O) groups is 1. The highest BCUT2D eigenvalue weighted by molar-refractivity contribution is 6.33. The van der Waals surface area contributed by atoms with Gasteiger partial charge >= 0.3 is 6.03 Å². The van der Waals surface area contributed by atoms with E-state index in [1.54, 1.807) is 53.2 Å². The number of amides is 1. The topological polar surface area (TPSA) is 131 Å². The third-order valence-corrected chi connectivity index (χ3v) is 6.41. The molecule has 1 amide bonds. The fourth-order valence-electron chi connectivity index (χ4n) is 3.99. The van der Waals surface area contributed by atoms with Crippen LogP contribution >= 0.6 is 23.2 Å². The third-order valence-electron chi connectivity index (χ3n) is 5.89. The minimum Gasteiger partial charge on any atom is -0.453 e. The average molecular weight is 551 g/mol. The number of nitrogens with two attached hydrogens (primary N) is 1. The van der Waals surface area contributed by atoms with Gasteiger partial charge in [0, 0.05) is 23.7 Å². The minimum atomic E-state index is -0.272. The average Bonchev–Trinajstić information content (AvgIpc) is 3.50. The van der Waals surface area contributed by atoms with E-state index in [4.69, 9.17) is 27.9 Å². The van der Waals surface area contributed by atoms with E-state index in [9.17, 15) is 10.1 Å². The second kappa shape index (κ2) is 10.6. The molecular weight excluding hydrogens is 529 g/mol. The molecule has 5 aromatic rings. The van der Waals surface area contributed by atoms with Crippen molar-refractivity contribution >= 4 is 51.3 Å². The molecule has 0 saturated heterocycles. The number of likely N-dealkylation sites (N-methyl/N-ethyl adjacent to an activating group) is 2. The van der Waals surface area contributed by atoms with Crippen LogP contribution in [-0.2, 0) is 6.54 Å². The molecule has 0 atom stereocenters. The standard InChI is InChI=1S/C25H21Cl2N9O2/c1-29-8-9-34(2)25(37)36-24-18(4-3-7-30-24)20(32-36)14-35-21-6-5-19(27)23(22(21)31-33-35)38-17-11-15(13-28)10-16(26)12-17/h3-7,10-12,29H,8-9,14H2,1-2H3/p+1. The zero-order valence-corrected chi connectivity index (χ0v) is 22.0. The lowest BCUT2D eigenvalue weighted by Gasteiger charge is -2.15. The summed E-state index contributed by atoms with van der Waals surface area (Å²) < 4.78 is 8.97. The number of nitrogens with zero attached hydrogens (tertiary/aromatic N) is 8. The Morgan fingerprint density at radius 2 is 2.08 bits per heavy atom. The number of nitriles is 1. The van der Waals surface area contributed by atoms with Gasteiger partial charge in [-0.15, -0.1) is 5.10 Å². The molecule has 0 aliphatic rings. The molecule has 0 spiro atoms. The number of carbonyl (C=O) groups excluding carboxylic acids is 1. The van der Waals surface area contributed by atoms with Crippen LogP contribution < -0.4 is 10.1 Å². The molecule has 2 N–H and O–H groups in total. The number of ether oxygens (including phenoxy) is 1. The number of benzene rings is 2. The van der Waals surface area contributed by atoms with Gasteiger partial charge in [-0.2, -0.15) is 15.0 Å². The molecule has 0 radical (unpaired) electrons. The highest BCUT2D eigenvalue weighted by Crippen LogP contribution is 2.37. The Balaban J connectivity index is 1.51. The molecule has 11 nitrogen and oxygen atoms in total. The zero-order valence-electron chi connectivity index (χ0n) is 20.5. The molecule has 0 bridgehead atoms. The highest BCUT2D eigenvalue weighted by Gasteiger charge is 2.22. The first-order valence-electron chi connectivity index (χ1n) is 11.7. The number of rotatable bonds is 7. The van der Waals surface area contributed by atoms with Gasteiger partial charge in [-0.25, -0.2) is 14.5 Å². The number of hydrogen-bond donors (Lipinski definition) is 1. The lowest BCUT2D eigenvalue weighted by Crippen LogP contribution is -2.81. The Labute approximate surface area is 227 Å². The van der Waals surface area contributed by atoms with Crippen molar-refractivity contribution in [1.29, 1.82) is 5.26 Å². The Kier molecular flexibility index (Phi) is 7.11. The summed E-state index contributed by atoms with van der Waals surface area (Å²) in [7, 11) is 3.68. The molecular formula is C25H22Cl2N9O2+. The van der Waals surface area contributed by atoms with Crippen LogP contribution in [0.3, 0.4) is 0 Å². The first-order valence-corrected chi connectivity index (χ1v) is 12.4. The molecule has 2 aromatic carbocycles. The summed E-state index contributed by atoms with van der Waals surface area (Å²) in [6.45, 7) is 1.56. The van der Waals surface area contributed by atoms with E-state index in [-0.39, 0.29) is 18.3 Å². The predicted molar refractivity (Wildman–Crippen MR) is 142 cm³/mol. The number of fused-ring (bicyclic) bond motifs is 2. The molecule has 0 saturated carbocycles. The Hall–Kier alpha value is -4.24. The lowest BCUT2D eigenvalue weighted by atomic mass is 10.2. The van der Waals surface area contributed by atoms with Crippen LogP contribution in [0.5, 0.6) is 11.5 Å². The summed E-state index contributed by atoms with van der Waals surface area (Å²) in [5, 5.41) is 25.9. The molecule has 3 aromatic heterocycles. The molecule has 13 heteroatoms. The van der Waals surface area contributed by atoms with E-state index in [0.717, 1.165) is 11.9 Å². The van der Waals surface area contributed by atoms with E-state index in [0.29, 0.717) is 50.3 Å². The van der Waals surface area contributed by atoms with Gasteiger partial charge in [-0.1, -0.05) is 28.4 Å². The van der Waals surface area contributed by atoms with Gasteiger partial charge in [0.05, 0.1) is 54.5 Å². The number of halogens is 2. The van der Waals surface area contributed by atoms with Crippen molar-refractivity contribution in [3.05, 3.63) is 70.0 Å². The fourth-order valence-corrected chi connectivity index (χ4v) is 4.41. The first-order chi connectivity index (χ1) is 18.4. The molecule has 0 aliphatic heterocycles. The van der Waals surface area contributed by atoms with Crippen molar-refractivity contribution < 1.29 is 14.8 Å². The maximum Gasteiger partial charge on any atom is 0.346 e. The van der Waals surface area contributed by atoms with Gasteiger partial charge in [-0.3, -0.25) is 0 Å². The van der Waals surface area contributed by atoms with Gasteiger partial charge < -0.3 is 15.0 Å². The van der Waals surface area contributed by atoms with Crippen molar-refractivity contribution in [2.45, 2.75) is 6.54 Å². The molecule has 0 unspecified atom stereocenters. The molecule has 0 aliphatic carbocycles. The van der Waals surface area contributed by atoms with Crippen molar-refractivity contribution in [3.8, 4) is 17.6 Å². The summed E-state index contributed by atoms with van der Waals surface area (Å²) in [4.78, 5) is 19.1. The molecule has 3 heterocycles. The quantitative estimate of drug-likeness (QED) is 0.328. The van der Waals surface area contributed by atoms with Crippen LogP contribution in [-0.4, -0.2) is 67.9 Å². The Morgan fingerprint density at radius 3 is 2.87 bits per heavy atom. The Bertz CT molecular complexity index is 1710. The third kappa shape index (κ3) is 4.84. The maximum atomic E-state index is 13.1. The van der Waals surface area contributed by atoms with Crippen LogP contribution in [0.15, 0.2) is 48.7 Å². The van der Waals surface area contributed by atoms with Crippen LogP contribution in [0.1, 0.15) is 11.3 Å². The number of hydrogen-bond acceptors (Lipinski definition) is 7. The van der Waals surface area contributed by atoms with Gasteiger partial charge in [0.1, 0.15) is 5.75 Å². The normalized spacial score (nSPS) is 11.1. The summed E-state index contributed by atoms with van der Waals surface area (Å²) in [5.74, 6) is 0.625. The predicted octanol–water partition coefficient (Wildman–Crippen LogP) is 3.29. The second-order valence-corrected chi connectivity index (χ2v) is 9.36. The SMILES string of the molecule is C[NH2+]CCN(C)C(=O)n1nc(Cn2nnc3c(Oc4cc(Cl)cc(C#N)c4)c(Cl)ccc32)c2cccnc21. The molecule has 5 rings (SSSR count). The zero-order chi connectivity index (χ0) is 26.8. The lowest BCUT2D eigenvalue weighted by molar-refractivity contribution is -0.626. The summed E-state index contributed by atoms with van der Waals surface area (Å²) in [6, 6.07) is 13.6. The van der Waals surface area contributed by atoms with Crippen molar-refractivity contribution in [2.75, 3.05) is 27.2 Å². The smallest absolute Gasteiger partial charge is 0.346 e. The van der Waals surface area contributed by atoms with Crippen molar-refractivity contribution in [1.82, 2.24) is 34.7 Å². The van der Waals surface area contributed by atoms with E-state index < -0.39 is 0 Å². The van der Waals surface area contributed by atoms with Gasteiger partial charge in [0.15, 0.2) is 16.9 Å². The van der Waals surface area contributed by atoms with Crippen LogP contribution in [0.4, 0.5) is 4.79 Å². The molecule has 192 valence electrons. The van der Waals surface area contributed by atoms with E-state index in [2.05, 4.69) is 20.4 Å². The minimum absolute atomic E-state index is 0.224. The monoisotopic (exact) mass is 550 g/mol. The summed E-state index contributed by atoms with van der Waals surface area (Å²) >= 11 is 12.6. The second-order valence-electron chi connectivity index (χ2n) is 8.51. The van der Waals surface area contributed by atoms with E-state index >= 15 is 0 Å². The summed E-state index contributed by atoms with van der Waals surface area (Å²) in [5.41, 5.74) is 2.48. The van der Waals surface area contributed by atoms with Gasteiger partial charge in [0.25, 0.3) is 0 Å². The van der Waals surface area contributed by atoms with Crippen molar-refractivity contribution in [3.63, 3.8) is 0 Å². The fraction of sp³-hybridized carbons (Fsp3) is 0.200. The van der Waals surface area contributed by atoms with Crippen LogP contribution in [0.25, 0.3) is 22.1 Å². The molecule has 38 heavy (non-hydrogen) atoms. The van der Waals surface area contributed by atoms with Crippen molar-refractivity contribution in [2.24, 2.45) is 0 Å².